The van der Waals surface area contributed by atoms with Crippen molar-refractivity contribution in [3.05, 3.63) is 21.6 Å². The number of hydrogen-bond donors (Lipinski definition) is 0. The second-order valence-corrected chi connectivity index (χ2v) is 6.34. The highest BCUT2D eigenvalue weighted by molar-refractivity contribution is 8.03. The summed E-state index contributed by atoms with van der Waals surface area (Å²) < 4.78 is 1.34. The van der Waals surface area contributed by atoms with Gasteiger partial charge in [0.2, 0.25) is 5.15 Å². The SMILES string of the molecule is CSc1nnc(Sc2ncnc(Cl)c2[N+](=O)[O-])s1. The average Bonchev–Trinajstić information content (AvgIpc) is 2.76. The standard InChI is InChI=1S/C7H4ClN5O2S3/c1-16-6-11-12-7(18-6)17-5-3(13(14)15)4(8)9-2-10-5/h2H,1H3. The molecule has 2 heterocycles. The largest absolute Gasteiger partial charge is 0.338 e. The van der Waals surface area contributed by atoms with Crippen molar-refractivity contribution in [3.8, 4) is 0 Å². The van der Waals surface area contributed by atoms with Gasteiger partial charge in [0.25, 0.3) is 0 Å². The van der Waals surface area contributed by atoms with Gasteiger partial charge in [-0.3, -0.25) is 10.1 Å². The summed E-state index contributed by atoms with van der Waals surface area (Å²) in [5.41, 5.74) is -0.315. The summed E-state index contributed by atoms with van der Waals surface area (Å²) in [5, 5.41) is 18.6. The molecule has 0 radical (unpaired) electrons. The second-order valence-electron chi connectivity index (χ2n) is 2.72. The first kappa shape index (κ1) is 13.5. The van der Waals surface area contributed by atoms with Crippen LogP contribution in [0.4, 0.5) is 5.69 Å². The fourth-order valence-electron chi connectivity index (χ4n) is 0.974. The van der Waals surface area contributed by atoms with E-state index in [1.54, 1.807) is 0 Å². The molecule has 0 bridgehead atoms. The van der Waals surface area contributed by atoms with Gasteiger partial charge in [0.15, 0.2) is 13.7 Å². The molecule has 0 aliphatic heterocycles. The first-order valence-corrected chi connectivity index (χ1v) is 7.55. The zero-order chi connectivity index (χ0) is 13.1. The van der Waals surface area contributed by atoms with E-state index in [4.69, 9.17) is 11.6 Å². The summed E-state index contributed by atoms with van der Waals surface area (Å²) in [6.07, 6.45) is 3.05. The summed E-state index contributed by atoms with van der Waals surface area (Å²) in [6, 6.07) is 0. The second kappa shape index (κ2) is 5.78. The lowest BCUT2D eigenvalue weighted by Gasteiger charge is -1.99. The van der Waals surface area contributed by atoms with Crippen molar-refractivity contribution in [3.63, 3.8) is 0 Å². The third-order valence-electron chi connectivity index (χ3n) is 1.67. The highest BCUT2D eigenvalue weighted by Crippen LogP contribution is 2.38. The van der Waals surface area contributed by atoms with Gasteiger partial charge in [-0.15, -0.1) is 10.2 Å². The lowest BCUT2D eigenvalue weighted by atomic mass is 10.5. The van der Waals surface area contributed by atoms with Gasteiger partial charge >= 0.3 is 5.69 Å². The fraction of sp³-hybridized carbons (Fsp3) is 0.143. The normalized spacial score (nSPS) is 10.6. The Kier molecular flexibility index (Phi) is 4.32. The Labute approximate surface area is 119 Å². The summed E-state index contributed by atoms with van der Waals surface area (Å²) in [5.74, 6) is 0. The van der Waals surface area contributed by atoms with Gasteiger partial charge in [-0.2, -0.15) is 0 Å². The van der Waals surface area contributed by atoms with Crippen LogP contribution < -0.4 is 0 Å². The van der Waals surface area contributed by atoms with Gasteiger partial charge in [0, 0.05) is 0 Å². The van der Waals surface area contributed by atoms with Crippen molar-refractivity contribution in [1.82, 2.24) is 20.2 Å². The molecule has 18 heavy (non-hydrogen) atoms. The molecule has 11 heteroatoms. The van der Waals surface area contributed by atoms with E-state index >= 15 is 0 Å². The topological polar surface area (TPSA) is 94.7 Å². The van der Waals surface area contributed by atoms with Crippen LogP contribution in [-0.4, -0.2) is 31.3 Å². The maximum absolute atomic E-state index is 10.9. The van der Waals surface area contributed by atoms with Gasteiger partial charge in [-0.1, -0.05) is 34.7 Å². The molecule has 0 N–H and O–H groups in total. The Hall–Kier alpha value is -0.970. The minimum Gasteiger partial charge on any atom is -0.258 e. The van der Waals surface area contributed by atoms with Crippen molar-refractivity contribution >= 4 is 52.1 Å². The van der Waals surface area contributed by atoms with E-state index in [0.29, 0.717) is 4.34 Å². The lowest BCUT2D eigenvalue weighted by Crippen LogP contribution is -1.96. The van der Waals surface area contributed by atoms with Crippen LogP contribution >= 0.6 is 46.5 Å². The summed E-state index contributed by atoms with van der Waals surface area (Å²) in [7, 11) is 0. The highest BCUT2D eigenvalue weighted by atomic mass is 35.5. The number of rotatable bonds is 4. The van der Waals surface area contributed by atoms with E-state index in [1.807, 2.05) is 6.26 Å². The van der Waals surface area contributed by atoms with Crippen LogP contribution in [0.15, 0.2) is 20.0 Å². The van der Waals surface area contributed by atoms with Crippen LogP contribution in [0.3, 0.4) is 0 Å². The smallest absolute Gasteiger partial charge is 0.258 e. The fourth-order valence-corrected chi connectivity index (χ4v) is 3.65. The van der Waals surface area contributed by atoms with E-state index in [1.165, 1.54) is 29.4 Å². The van der Waals surface area contributed by atoms with Crippen molar-refractivity contribution in [2.24, 2.45) is 0 Å². The zero-order valence-electron chi connectivity index (χ0n) is 8.73. The zero-order valence-corrected chi connectivity index (χ0v) is 11.9. The van der Waals surface area contributed by atoms with Gasteiger partial charge in [0.1, 0.15) is 6.33 Å². The number of hydrogen-bond acceptors (Lipinski definition) is 9. The predicted octanol–water partition coefficient (Wildman–Crippen LogP) is 2.76. The number of nitrogens with zero attached hydrogens (tertiary/aromatic N) is 5. The van der Waals surface area contributed by atoms with Crippen molar-refractivity contribution < 1.29 is 4.92 Å². The quantitative estimate of drug-likeness (QED) is 0.367. The molecule has 2 rings (SSSR count). The molecule has 0 spiro atoms. The molecular weight excluding hydrogens is 318 g/mol. The van der Waals surface area contributed by atoms with Crippen LogP contribution in [0.1, 0.15) is 0 Å². The number of halogens is 1. The van der Waals surface area contributed by atoms with Gasteiger partial charge in [-0.25, -0.2) is 9.97 Å². The molecule has 7 nitrogen and oxygen atoms in total. The van der Waals surface area contributed by atoms with E-state index in [0.717, 1.165) is 16.1 Å². The Morgan fingerprint density at radius 1 is 1.39 bits per heavy atom. The molecule has 2 aromatic rings. The maximum Gasteiger partial charge on any atom is 0.338 e. The molecule has 0 unspecified atom stereocenters. The molecule has 0 amide bonds. The van der Waals surface area contributed by atoms with Gasteiger partial charge in [-0.05, 0) is 18.0 Å². The minimum atomic E-state index is -0.610. The first-order chi connectivity index (χ1) is 8.61. The third kappa shape index (κ3) is 2.88. The molecule has 0 fully saturated rings. The number of thioether (sulfide) groups is 1. The first-order valence-electron chi connectivity index (χ1n) is 4.32. The monoisotopic (exact) mass is 321 g/mol. The highest BCUT2D eigenvalue weighted by Gasteiger charge is 2.23. The molecular formula is C7H4ClN5O2S3. The minimum absolute atomic E-state index is 0.156. The average molecular weight is 322 g/mol. The predicted molar refractivity (Wildman–Crippen MR) is 69.5 cm³/mol. The van der Waals surface area contributed by atoms with E-state index in [2.05, 4.69) is 20.2 Å². The third-order valence-corrected chi connectivity index (χ3v) is 4.89. The molecule has 0 aliphatic rings. The van der Waals surface area contributed by atoms with Crippen LogP contribution in [0.2, 0.25) is 5.15 Å². The van der Waals surface area contributed by atoms with E-state index < -0.39 is 4.92 Å². The van der Waals surface area contributed by atoms with E-state index in [9.17, 15) is 10.1 Å². The van der Waals surface area contributed by atoms with Gasteiger partial charge in [0.05, 0.1) is 4.92 Å². The molecule has 0 atom stereocenters. The summed E-state index contributed by atoms with van der Waals surface area (Å²) >= 11 is 9.51. The number of nitro groups is 1. The van der Waals surface area contributed by atoms with Crippen molar-refractivity contribution in [2.75, 3.05) is 6.26 Å². The Morgan fingerprint density at radius 2 is 2.11 bits per heavy atom. The van der Waals surface area contributed by atoms with Crippen LogP contribution in [0.25, 0.3) is 0 Å². The Morgan fingerprint density at radius 3 is 2.72 bits per heavy atom. The Bertz CT molecular complexity index is 592. The molecule has 0 aliphatic carbocycles. The van der Waals surface area contributed by atoms with Crippen LogP contribution in [0.5, 0.6) is 0 Å². The molecule has 94 valence electrons. The van der Waals surface area contributed by atoms with Crippen LogP contribution in [-0.2, 0) is 0 Å². The Balaban J connectivity index is 2.34. The van der Waals surface area contributed by atoms with Crippen molar-refractivity contribution in [2.45, 2.75) is 13.7 Å². The number of aromatic nitrogens is 4. The molecule has 0 aromatic carbocycles. The summed E-state index contributed by atoms with van der Waals surface area (Å²) in [6.45, 7) is 0. The molecule has 0 saturated carbocycles. The van der Waals surface area contributed by atoms with Gasteiger partial charge < -0.3 is 0 Å². The molecule has 0 saturated heterocycles. The summed E-state index contributed by atoms with van der Waals surface area (Å²) in [4.78, 5) is 17.7. The maximum atomic E-state index is 10.9. The van der Waals surface area contributed by atoms with Crippen LogP contribution in [0, 0.1) is 10.1 Å². The molecule has 2 aromatic heterocycles. The van der Waals surface area contributed by atoms with Crippen molar-refractivity contribution in [1.29, 1.82) is 0 Å². The lowest BCUT2D eigenvalue weighted by molar-refractivity contribution is -0.388. The van der Waals surface area contributed by atoms with E-state index in [-0.39, 0.29) is 15.9 Å².